The SMILES string of the molecule is Cc1cc(C)cc(OCCOc2c(Br)cc(Cl)cc2C2NC(C(=O)O)CS2)c1. The molecule has 1 heterocycles. The van der Waals surface area contributed by atoms with Crippen LogP contribution < -0.4 is 14.8 Å². The maximum absolute atomic E-state index is 11.2. The van der Waals surface area contributed by atoms with Gasteiger partial charge in [-0.05, 0) is 65.2 Å². The lowest BCUT2D eigenvalue weighted by atomic mass is 10.1. The molecule has 150 valence electrons. The Morgan fingerprint density at radius 3 is 2.54 bits per heavy atom. The lowest BCUT2D eigenvalue weighted by Gasteiger charge is -2.19. The van der Waals surface area contributed by atoms with Crippen molar-refractivity contribution in [3.05, 3.63) is 56.5 Å². The molecule has 0 bridgehead atoms. The Morgan fingerprint density at radius 2 is 1.89 bits per heavy atom. The van der Waals surface area contributed by atoms with E-state index in [4.69, 9.17) is 21.1 Å². The van der Waals surface area contributed by atoms with Gasteiger partial charge in [0.1, 0.15) is 30.8 Å². The molecule has 0 aromatic heterocycles. The number of halogens is 2. The molecular formula is C20H21BrClNO4S. The highest BCUT2D eigenvalue weighted by atomic mass is 79.9. The Kier molecular flexibility index (Phi) is 7.15. The Hall–Kier alpha value is -1.41. The number of carboxylic acid groups (broad SMARTS) is 1. The molecule has 2 aromatic carbocycles. The van der Waals surface area contributed by atoms with E-state index in [1.54, 1.807) is 12.1 Å². The number of carbonyl (C=O) groups is 1. The second-order valence-electron chi connectivity index (χ2n) is 6.60. The molecule has 2 atom stereocenters. The van der Waals surface area contributed by atoms with E-state index in [-0.39, 0.29) is 5.37 Å². The Labute approximate surface area is 181 Å². The van der Waals surface area contributed by atoms with Crippen LogP contribution in [0, 0.1) is 13.8 Å². The van der Waals surface area contributed by atoms with Crippen molar-refractivity contribution in [1.29, 1.82) is 0 Å². The molecule has 1 saturated heterocycles. The van der Waals surface area contributed by atoms with Crippen LogP contribution >= 0.6 is 39.3 Å². The van der Waals surface area contributed by atoms with Crippen molar-refractivity contribution >= 4 is 45.3 Å². The summed E-state index contributed by atoms with van der Waals surface area (Å²) in [6.07, 6.45) is 0. The fourth-order valence-electron chi connectivity index (χ4n) is 3.04. The van der Waals surface area contributed by atoms with Gasteiger partial charge in [-0.2, -0.15) is 0 Å². The number of benzene rings is 2. The van der Waals surface area contributed by atoms with Gasteiger partial charge >= 0.3 is 5.97 Å². The number of hydrogen-bond donors (Lipinski definition) is 2. The number of rotatable bonds is 7. The molecule has 1 aliphatic heterocycles. The van der Waals surface area contributed by atoms with E-state index in [0.717, 1.165) is 26.9 Å². The average Bonchev–Trinajstić information content (AvgIpc) is 3.09. The standard InChI is InChI=1S/C20H21BrClNO4S/c1-11-5-12(2)7-14(6-11)26-3-4-27-18-15(8-13(22)9-16(18)21)19-23-17(10-28-19)20(24)25/h5-9,17,19,23H,3-4,10H2,1-2H3,(H,24,25). The minimum Gasteiger partial charge on any atom is -0.490 e. The largest absolute Gasteiger partial charge is 0.490 e. The number of hydrogen-bond acceptors (Lipinski definition) is 5. The van der Waals surface area contributed by atoms with Crippen LogP contribution in [0.3, 0.4) is 0 Å². The number of aryl methyl sites for hydroxylation is 2. The molecule has 0 spiro atoms. The van der Waals surface area contributed by atoms with Gasteiger partial charge in [-0.1, -0.05) is 17.7 Å². The first kappa shape index (κ1) is 21.3. The zero-order chi connectivity index (χ0) is 20.3. The van der Waals surface area contributed by atoms with Gasteiger partial charge in [0.2, 0.25) is 0 Å². The number of carboxylic acids is 1. The van der Waals surface area contributed by atoms with E-state index < -0.39 is 12.0 Å². The molecule has 0 saturated carbocycles. The fraction of sp³-hybridized carbons (Fsp3) is 0.350. The van der Waals surface area contributed by atoms with E-state index in [1.165, 1.54) is 11.8 Å². The van der Waals surface area contributed by atoms with E-state index in [2.05, 4.69) is 27.3 Å². The van der Waals surface area contributed by atoms with E-state index in [0.29, 0.717) is 29.7 Å². The molecular weight excluding hydrogens is 466 g/mol. The van der Waals surface area contributed by atoms with Gasteiger partial charge in [0.25, 0.3) is 0 Å². The minimum atomic E-state index is -0.861. The Morgan fingerprint density at radius 1 is 1.21 bits per heavy atom. The third-order valence-electron chi connectivity index (χ3n) is 4.19. The van der Waals surface area contributed by atoms with Crippen LogP contribution in [0.2, 0.25) is 5.02 Å². The van der Waals surface area contributed by atoms with Crippen molar-refractivity contribution < 1.29 is 19.4 Å². The van der Waals surface area contributed by atoms with E-state index in [1.807, 2.05) is 26.0 Å². The maximum Gasteiger partial charge on any atom is 0.321 e. The zero-order valence-electron chi connectivity index (χ0n) is 15.5. The van der Waals surface area contributed by atoms with Crippen LogP contribution in [-0.2, 0) is 4.79 Å². The van der Waals surface area contributed by atoms with Gasteiger partial charge in [0.05, 0.1) is 9.85 Å². The molecule has 0 amide bonds. The number of aliphatic carboxylic acids is 1. The summed E-state index contributed by atoms with van der Waals surface area (Å²) in [5.41, 5.74) is 3.12. The van der Waals surface area contributed by atoms with Crippen LogP contribution in [0.15, 0.2) is 34.8 Å². The van der Waals surface area contributed by atoms with Crippen molar-refractivity contribution in [3.8, 4) is 11.5 Å². The van der Waals surface area contributed by atoms with Gasteiger partial charge in [0.15, 0.2) is 0 Å². The quantitative estimate of drug-likeness (QED) is 0.539. The van der Waals surface area contributed by atoms with E-state index in [9.17, 15) is 9.90 Å². The average molecular weight is 487 g/mol. The van der Waals surface area contributed by atoms with Crippen LogP contribution in [0.4, 0.5) is 0 Å². The molecule has 3 rings (SSSR count). The highest BCUT2D eigenvalue weighted by Gasteiger charge is 2.32. The second kappa shape index (κ2) is 9.39. The van der Waals surface area contributed by atoms with Crippen LogP contribution in [0.25, 0.3) is 0 Å². The molecule has 0 aliphatic carbocycles. The zero-order valence-corrected chi connectivity index (χ0v) is 18.7. The molecule has 2 N–H and O–H groups in total. The first-order chi connectivity index (χ1) is 13.3. The Balaban J connectivity index is 1.67. The highest BCUT2D eigenvalue weighted by Crippen LogP contribution is 2.42. The predicted octanol–water partition coefficient (Wildman–Crippen LogP) is 4.97. The number of ether oxygens (including phenoxy) is 2. The smallest absolute Gasteiger partial charge is 0.321 e. The summed E-state index contributed by atoms with van der Waals surface area (Å²) in [6, 6.07) is 9.05. The molecule has 28 heavy (non-hydrogen) atoms. The first-order valence-electron chi connectivity index (χ1n) is 8.77. The molecule has 2 aromatic rings. The maximum atomic E-state index is 11.2. The summed E-state index contributed by atoms with van der Waals surface area (Å²) in [4.78, 5) is 11.2. The monoisotopic (exact) mass is 485 g/mol. The third kappa shape index (κ3) is 5.35. The number of thioether (sulfide) groups is 1. The normalized spacial score (nSPS) is 18.9. The van der Waals surface area contributed by atoms with Crippen molar-refractivity contribution in [2.24, 2.45) is 0 Å². The van der Waals surface area contributed by atoms with Gasteiger partial charge < -0.3 is 14.6 Å². The minimum absolute atomic E-state index is 0.202. The van der Waals surface area contributed by atoms with Crippen LogP contribution in [0.5, 0.6) is 11.5 Å². The molecule has 2 unspecified atom stereocenters. The topological polar surface area (TPSA) is 67.8 Å². The van der Waals surface area contributed by atoms with Gasteiger partial charge in [0, 0.05) is 16.3 Å². The van der Waals surface area contributed by atoms with Gasteiger partial charge in [-0.15, -0.1) is 11.8 Å². The molecule has 8 heteroatoms. The third-order valence-corrected chi connectivity index (χ3v) is 6.25. The number of nitrogens with one attached hydrogen (secondary N) is 1. The molecule has 1 fully saturated rings. The summed E-state index contributed by atoms with van der Waals surface area (Å²) in [5.74, 6) is 1.08. The molecule has 0 radical (unpaired) electrons. The lowest BCUT2D eigenvalue weighted by Crippen LogP contribution is -2.33. The van der Waals surface area contributed by atoms with Crippen molar-refractivity contribution in [1.82, 2.24) is 5.32 Å². The molecule has 5 nitrogen and oxygen atoms in total. The summed E-state index contributed by atoms with van der Waals surface area (Å²) in [6.45, 7) is 4.80. The van der Waals surface area contributed by atoms with Gasteiger partial charge in [-0.3, -0.25) is 10.1 Å². The van der Waals surface area contributed by atoms with Crippen molar-refractivity contribution in [2.45, 2.75) is 25.3 Å². The summed E-state index contributed by atoms with van der Waals surface area (Å²) in [5, 5.41) is 12.7. The van der Waals surface area contributed by atoms with E-state index >= 15 is 0 Å². The van der Waals surface area contributed by atoms with Crippen molar-refractivity contribution in [3.63, 3.8) is 0 Å². The van der Waals surface area contributed by atoms with Gasteiger partial charge in [-0.25, -0.2) is 0 Å². The second-order valence-corrected chi connectivity index (χ2v) is 9.03. The lowest BCUT2D eigenvalue weighted by molar-refractivity contribution is -0.138. The predicted molar refractivity (Wildman–Crippen MR) is 116 cm³/mol. The van der Waals surface area contributed by atoms with Crippen molar-refractivity contribution in [2.75, 3.05) is 19.0 Å². The van der Waals surface area contributed by atoms with Crippen LogP contribution in [-0.4, -0.2) is 36.1 Å². The fourth-order valence-corrected chi connectivity index (χ4v) is 5.23. The molecule has 1 aliphatic rings. The highest BCUT2D eigenvalue weighted by molar-refractivity contribution is 9.10. The van der Waals surface area contributed by atoms with Crippen LogP contribution in [0.1, 0.15) is 22.1 Å². The first-order valence-corrected chi connectivity index (χ1v) is 11.0. The summed E-state index contributed by atoms with van der Waals surface area (Å²) in [7, 11) is 0. The Bertz CT molecular complexity index is 859. The summed E-state index contributed by atoms with van der Waals surface area (Å²) < 4.78 is 12.5. The summed E-state index contributed by atoms with van der Waals surface area (Å²) >= 11 is 11.2.